The summed E-state index contributed by atoms with van der Waals surface area (Å²) in [7, 11) is 0. The lowest BCUT2D eigenvalue weighted by molar-refractivity contribution is -0.163. The summed E-state index contributed by atoms with van der Waals surface area (Å²) in [5.74, 6) is -1.41. The van der Waals surface area contributed by atoms with Gasteiger partial charge in [-0.15, -0.1) is 0 Å². The molecule has 3 fully saturated rings. The second-order valence-corrected chi connectivity index (χ2v) is 7.56. The van der Waals surface area contributed by atoms with Crippen LogP contribution in [0.2, 0.25) is 0 Å². The van der Waals surface area contributed by atoms with Crippen LogP contribution in [-0.2, 0) is 38.1 Å². The Bertz CT molecular complexity index is 615. The Kier molecular flexibility index (Phi) is 6.01. The molecule has 2 aliphatic carbocycles. The molecule has 6 unspecified atom stereocenters. The van der Waals surface area contributed by atoms with Gasteiger partial charge in [-0.05, 0) is 19.3 Å². The van der Waals surface area contributed by atoms with Crippen LogP contribution in [0.3, 0.4) is 0 Å². The lowest BCUT2D eigenvalue weighted by atomic mass is 9.88. The van der Waals surface area contributed by atoms with Crippen LogP contribution in [0.5, 0.6) is 0 Å². The number of esters is 4. The summed E-state index contributed by atoms with van der Waals surface area (Å²) in [4.78, 5) is 46.9. The molecule has 2 bridgehead atoms. The molecule has 0 amide bonds. The number of rotatable bonds is 9. The predicted molar refractivity (Wildman–Crippen MR) is 90.1 cm³/mol. The van der Waals surface area contributed by atoms with Gasteiger partial charge in [0.2, 0.25) is 0 Å². The fourth-order valence-electron chi connectivity index (χ4n) is 4.16. The first-order valence-electron chi connectivity index (χ1n) is 9.63. The largest absolute Gasteiger partial charge is 0.462 e. The van der Waals surface area contributed by atoms with Gasteiger partial charge >= 0.3 is 23.9 Å². The molecule has 1 heterocycles. The van der Waals surface area contributed by atoms with Crippen molar-refractivity contribution in [3.63, 3.8) is 0 Å². The first kappa shape index (κ1) is 19.6. The van der Waals surface area contributed by atoms with Crippen LogP contribution in [0.4, 0.5) is 0 Å². The summed E-state index contributed by atoms with van der Waals surface area (Å²) < 4.78 is 20.7. The summed E-state index contributed by atoms with van der Waals surface area (Å²) in [5.41, 5.74) is 0. The van der Waals surface area contributed by atoms with E-state index in [1.54, 1.807) is 6.92 Å². The topological polar surface area (TPSA) is 105 Å². The van der Waals surface area contributed by atoms with Crippen molar-refractivity contribution >= 4 is 23.9 Å². The molecule has 0 N–H and O–H groups in total. The van der Waals surface area contributed by atoms with Gasteiger partial charge in [0.1, 0.15) is 25.4 Å². The molecule has 1 saturated heterocycles. The predicted octanol–water partition coefficient (Wildman–Crippen LogP) is 1.39. The summed E-state index contributed by atoms with van der Waals surface area (Å²) >= 11 is 0. The van der Waals surface area contributed by atoms with Crippen molar-refractivity contribution in [3.05, 3.63) is 0 Å². The Hall–Kier alpha value is -2.12. The molecule has 6 atom stereocenters. The van der Waals surface area contributed by atoms with Crippen LogP contribution in [0.1, 0.15) is 46.0 Å². The fourth-order valence-corrected chi connectivity index (χ4v) is 4.16. The molecule has 150 valence electrons. The first-order chi connectivity index (χ1) is 12.9. The van der Waals surface area contributed by atoms with E-state index in [9.17, 15) is 19.2 Å². The summed E-state index contributed by atoms with van der Waals surface area (Å²) in [6, 6.07) is 0. The Labute approximate surface area is 157 Å². The lowest BCUT2D eigenvalue weighted by Gasteiger charge is -2.25. The van der Waals surface area contributed by atoms with E-state index in [0.29, 0.717) is 6.42 Å². The van der Waals surface area contributed by atoms with Gasteiger partial charge in [0.15, 0.2) is 0 Å². The highest BCUT2D eigenvalue weighted by Gasteiger charge is 2.63. The van der Waals surface area contributed by atoms with E-state index >= 15 is 0 Å². The monoisotopic (exact) mass is 382 g/mol. The molecular formula is C19H26O8. The molecule has 27 heavy (non-hydrogen) atoms. The maximum absolute atomic E-state index is 12.0. The number of carbonyl (C=O) groups is 4. The Morgan fingerprint density at radius 2 is 1.81 bits per heavy atom. The highest BCUT2D eigenvalue weighted by molar-refractivity contribution is 5.79. The van der Waals surface area contributed by atoms with Crippen LogP contribution >= 0.6 is 0 Å². The second-order valence-electron chi connectivity index (χ2n) is 7.56. The summed E-state index contributed by atoms with van der Waals surface area (Å²) in [6.45, 7) is 3.61. The van der Waals surface area contributed by atoms with Crippen molar-refractivity contribution in [2.45, 2.75) is 58.2 Å². The van der Waals surface area contributed by atoms with E-state index in [0.717, 1.165) is 12.8 Å². The minimum absolute atomic E-state index is 0.00127. The standard InChI is InChI=1S/C19H26O8/c1-3-10(2)18(22)25-7-6-24-14(20)4-5-15(21)26-16-11-8-12-13(9-11)19(23)27-17(12)16/h10-13,16-17H,3-9H2,1-2H3. The maximum Gasteiger partial charge on any atom is 0.309 e. The van der Waals surface area contributed by atoms with Crippen LogP contribution < -0.4 is 0 Å². The Morgan fingerprint density at radius 3 is 2.56 bits per heavy atom. The molecular weight excluding hydrogens is 356 g/mol. The molecule has 8 heteroatoms. The maximum atomic E-state index is 12.0. The average Bonchev–Trinajstić information content (AvgIpc) is 3.27. The van der Waals surface area contributed by atoms with Crippen LogP contribution in [0, 0.1) is 23.7 Å². The lowest BCUT2D eigenvalue weighted by Crippen LogP contribution is -2.36. The second kappa shape index (κ2) is 8.27. The smallest absolute Gasteiger partial charge is 0.309 e. The first-order valence-corrected chi connectivity index (χ1v) is 9.63. The van der Waals surface area contributed by atoms with Gasteiger partial charge in [0.05, 0.1) is 24.7 Å². The van der Waals surface area contributed by atoms with Gasteiger partial charge in [-0.2, -0.15) is 0 Å². The fraction of sp³-hybridized carbons (Fsp3) is 0.789. The van der Waals surface area contributed by atoms with Gasteiger partial charge in [0, 0.05) is 11.8 Å². The van der Waals surface area contributed by atoms with E-state index < -0.39 is 11.9 Å². The van der Waals surface area contributed by atoms with E-state index in [2.05, 4.69) is 0 Å². The molecule has 3 aliphatic rings. The molecule has 0 aromatic rings. The molecule has 0 aromatic carbocycles. The van der Waals surface area contributed by atoms with Crippen molar-refractivity contribution in [2.75, 3.05) is 13.2 Å². The minimum atomic E-state index is -0.549. The summed E-state index contributed by atoms with van der Waals surface area (Å²) in [6.07, 6.45) is 1.35. The Morgan fingerprint density at radius 1 is 1.11 bits per heavy atom. The van der Waals surface area contributed by atoms with Gasteiger partial charge in [-0.3, -0.25) is 19.2 Å². The summed E-state index contributed by atoms with van der Waals surface area (Å²) in [5, 5.41) is 0. The van der Waals surface area contributed by atoms with Crippen molar-refractivity contribution < 1.29 is 38.1 Å². The van der Waals surface area contributed by atoms with Crippen molar-refractivity contribution in [2.24, 2.45) is 23.7 Å². The van der Waals surface area contributed by atoms with Crippen molar-refractivity contribution in [1.82, 2.24) is 0 Å². The zero-order chi connectivity index (χ0) is 19.6. The number of carbonyl (C=O) groups excluding carboxylic acids is 4. The number of ether oxygens (including phenoxy) is 4. The van der Waals surface area contributed by atoms with Gasteiger partial charge < -0.3 is 18.9 Å². The molecule has 0 spiro atoms. The highest BCUT2D eigenvalue weighted by Crippen LogP contribution is 2.55. The third kappa shape index (κ3) is 4.25. The number of hydrogen-bond acceptors (Lipinski definition) is 8. The Balaban J connectivity index is 1.30. The molecule has 0 radical (unpaired) electrons. The zero-order valence-corrected chi connectivity index (χ0v) is 15.7. The molecule has 8 nitrogen and oxygen atoms in total. The van der Waals surface area contributed by atoms with Gasteiger partial charge in [0.25, 0.3) is 0 Å². The quantitative estimate of drug-likeness (QED) is 0.335. The SMILES string of the molecule is CCC(C)C(=O)OCCOC(=O)CCC(=O)OC1C2CC3C(=O)OC1C3C2. The van der Waals surface area contributed by atoms with Gasteiger partial charge in [-0.25, -0.2) is 0 Å². The van der Waals surface area contributed by atoms with E-state index in [1.165, 1.54) is 0 Å². The number of fused-ring (bicyclic) bond motifs is 1. The van der Waals surface area contributed by atoms with E-state index in [-0.39, 0.29) is 73.9 Å². The van der Waals surface area contributed by atoms with Crippen molar-refractivity contribution in [1.29, 1.82) is 0 Å². The third-order valence-electron chi connectivity index (χ3n) is 5.82. The van der Waals surface area contributed by atoms with E-state index in [4.69, 9.17) is 18.9 Å². The minimum Gasteiger partial charge on any atom is -0.462 e. The zero-order valence-electron chi connectivity index (χ0n) is 15.7. The number of hydrogen-bond donors (Lipinski definition) is 0. The van der Waals surface area contributed by atoms with Crippen LogP contribution in [0.25, 0.3) is 0 Å². The van der Waals surface area contributed by atoms with Gasteiger partial charge in [-0.1, -0.05) is 13.8 Å². The normalized spacial score (nSPS) is 31.3. The molecule has 1 aliphatic heterocycles. The van der Waals surface area contributed by atoms with Crippen molar-refractivity contribution in [3.8, 4) is 0 Å². The molecule has 2 saturated carbocycles. The molecule has 0 aromatic heterocycles. The molecule has 3 rings (SSSR count). The van der Waals surface area contributed by atoms with E-state index in [1.807, 2.05) is 6.92 Å². The van der Waals surface area contributed by atoms with Crippen LogP contribution in [-0.4, -0.2) is 49.3 Å². The average molecular weight is 382 g/mol. The third-order valence-corrected chi connectivity index (χ3v) is 5.82. The van der Waals surface area contributed by atoms with Crippen LogP contribution in [0.15, 0.2) is 0 Å². The highest BCUT2D eigenvalue weighted by atomic mass is 16.6.